The Morgan fingerprint density at radius 2 is 2.23 bits per heavy atom. The van der Waals surface area contributed by atoms with E-state index in [1.165, 1.54) is 0 Å². The van der Waals surface area contributed by atoms with E-state index in [1.807, 2.05) is 14.0 Å². The van der Waals surface area contributed by atoms with E-state index in [0.717, 1.165) is 16.3 Å². The molecule has 13 heavy (non-hydrogen) atoms. The quantitative estimate of drug-likeness (QED) is 0.699. The summed E-state index contributed by atoms with van der Waals surface area (Å²) in [4.78, 5) is 0. The summed E-state index contributed by atoms with van der Waals surface area (Å²) in [7, 11) is 5.00. The van der Waals surface area contributed by atoms with Crippen LogP contribution in [0.2, 0.25) is 0 Å². The molecule has 1 rings (SSSR count). The van der Waals surface area contributed by atoms with Gasteiger partial charge in [-0.05, 0) is 6.92 Å². The number of ether oxygens (including phenoxy) is 1. The molecule has 5 nitrogen and oxygen atoms in total. The third-order valence-corrected chi connectivity index (χ3v) is 1.87. The second-order valence-corrected chi connectivity index (χ2v) is 3.01. The molecular weight excluding hydrogens is 170 g/mol. The first-order valence-corrected chi connectivity index (χ1v) is 4.02. The Labute approximate surface area is 77.5 Å². The molecule has 0 aromatic carbocycles. The number of rotatable bonds is 3. The fraction of sp³-hybridized carbons (Fsp3) is 0.625. The minimum Gasteiger partial charge on any atom is -0.481 e. The smallest absolute Gasteiger partial charge is 0.216 e. The number of methoxy groups -OCH3 is 1. The number of hydrogen-bond acceptors (Lipinski definition) is 4. The summed E-state index contributed by atoms with van der Waals surface area (Å²) in [6.45, 7) is 2.31. The van der Waals surface area contributed by atoms with Crippen molar-refractivity contribution in [2.45, 2.75) is 13.5 Å². The van der Waals surface area contributed by atoms with Crippen LogP contribution in [0.15, 0.2) is 0 Å². The molecule has 0 aliphatic carbocycles. The summed E-state index contributed by atoms with van der Waals surface area (Å²) < 4.78 is 6.82. The van der Waals surface area contributed by atoms with Crippen LogP contribution < -0.4 is 4.74 Å². The van der Waals surface area contributed by atoms with Gasteiger partial charge in [-0.3, -0.25) is 0 Å². The third-order valence-electron chi connectivity index (χ3n) is 1.87. The summed E-state index contributed by atoms with van der Waals surface area (Å²) in [5, 5.41) is 14.4. The van der Waals surface area contributed by atoms with Gasteiger partial charge in [-0.1, -0.05) is 0 Å². The van der Waals surface area contributed by atoms with Crippen molar-refractivity contribution in [3.63, 3.8) is 0 Å². The first-order chi connectivity index (χ1) is 6.06. The van der Waals surface area contributed by atoms with Gasteiger partial charge in [0.05, 0.1) is 24.9 Å². The summed E-state index contributed by atoms with van der Waals surface area (Å²) in [5.41, 5.74) is 1.79. The highest BCUT2D eigenvalue weighted by molar-refractivity contribution is 5.30. The van der Waals surface area contributed by atoms with Crippen LogP contribution in [-0.4, -0.2) is 34.2 Å². The Balaban J connectivity index is 3.02. The molecule has 0 bridgehead atoms. The number of aryl methyl sites for hydroxylation is 2. The summed E-state index contributed by atoms with van der Waals surface area (Å²) >= 11 is 0. The lowest BCUT2D eigenvalue weighted by atomic mass is 10.2. The number of nitrogens with zero attached hydrogens (tertiary/aromatic N) is 3. The van der Waals surface area contributed by atoms with Crippen LogP contribution in [0.5, 0.6) is 5.88 Å². The molecule has 1 heterocycles. The van der Waals surface area contributed by atoms with E-state index >= 15 is 0 Å². The Kier molecular flexibility index (Phi) is 2.90. The number of hydrogen-bond donors (Lipinski definition) is 1. The van der Waals surface area contributed by atoms with Crippen molar-refractivity contribution < 1.29 is 9.94 Å². The van der Waals surface area contributed by atoms with E-state index in [0.29, 0.717) is 12.4 Å². The zero-order valence-corrected chi connectivity index (χ0v) is 8.40. The minimum absolute atomic E-state index is 0.419. The van der Waals surface area contributed by atoms with Gasteiger partial charge in [0.25, 0.3) is 0 Å². The predicted octanol–water partition coefficient (Wildman–Crippen LogP) is 0.558. The summed E-state index contributed by atoms with van der Waals surface area (Å²) in [6.07, 6.45) is 0. The molecule has 0 saturated carbocycles. The van der Waals surface area contributed by atoms with Crippen LogP contribution in [0, 0.1) is 6.92 Å². The molecule has 0 aliphatic heterocycles. The average molecular weight is 185 g/mol. The topological polar surface area (TPSA) is 50.5 Å². The fourth-order valence-electron chi connectivity index (χ4n) is 1.35. The molecule has 1 N–H and O–H groups in total. The lowest BCUT2D eigenvalue weighted by molar-refractivity contribution is -0.0737. The summed E-state index contributed by atoms with van der Waals surface area (Å²) in [6, 6.07) is 0. The van der Waals surface area contributed by atoms with Gasteiger partial charge < -0.3 is 9.94 Å². The SMILES string of the molecule is COc1c(CN(C)O)c(C)nn1C. The van der Waals surface area contributed by atoms with Gasteiger partial charge in [-0.15, -0.1) is 0 Å². The zero-order valence-electron chi connectivity index (χ0n) is 8.40. The van der Waals surface area contributed by atoms with Crippen LogP contribution in [-0.2, 0) is 13.6 Å². The Morgan fingerprint density at radius 3 is 2.69 bits per heavy atom. The number of aromatic nitrogens is 2. The highest BCUT2D eigenvalue weighted by Gasteiger charge is 2.14. The van der Waals surface area contributed by atoms with Gasteiger partial charge in [0.1, 0.15) is 0 Å². The van der Waals surface area contributed by atoms with Crippen molar-refractivity contribution in [3.05, 3.63) is 11.3 Å². The van der Waals surface area contributed by atoms with Gasteiger partial charge >= 0.3 is 0 Å². The van der Waals surface area contributed by atoms with Crippen LogP contribution in [0.4, 0.5) is 0 Å². The maximum Gasteiger partial charge on any atom is 0.216 e. The molecule has 0 fully saturated rings. The monoisotopic (exact) mass is 185 g/mol. The predicted molar refractivity (Wildman–Crippen MR) is 47.8 cm³/mol. The molecular formula is C8H15N3O2. The van der Waals surface area contributed by atoms with E-state index < -0.39 is 0 Å². The molecule has 5 heteroatoms. The Bertz CT molecular complexity index is 294. The molecule has 0 saturated heterocycles. The molecule has 0 spiro atoms. The lowest BCUT2D eigenvalue weighted by Gasteiger charge is -2.08. The molecule has 0 unspecified atom stereocenters. The van der Waals surface area contributed by atoms with Gasteiger partial charge in [0, 0.05) is 14.1 Å². The van der Waals surface area contributed by atoms with Crippen LogP contribution in [0.25, 0.3) is 0 Å². The van der Waals surface area contributed by atoms with Crippen molar-refractivity contribution in [1.82, 2.24) is 14.8 Å². The van der Waals surface area contributed by atoms with Crippen molar-refractivity contribution in [2.24, 2.45) is 7.05 Å². The average Bonchev–Trinajstić information content (AvgIpc) is 2.26. The van der Waals surface area contributed by atoms with Crippen LogP contribution in [0.1, 0.15) is 11.3 Å². The summed E-state index contributed by atoms with van der Waals surface area (Å²) in [5.74, 6) is 0.693. The minimum atomic E-state index is 0.419. The second kappa shape index (κ2) is 3.76. The first-order valence-electron chi connectivity index (χ1n) is 4.02. The van der Waals surface area contributed by atoms with E-state index in [-0.39, 0.29) is 0 Å². The Hall–Kier alpha value is -1.07. The second-order valence-electron chi connectivity index (χ2n) is 3.01. The van der Waals surface area contributed by atoms with E-state index in [9.17, 15) is 0 Å². The lowest BCUT2D eigenvalue weighted by Crippen LogP contribution is -2.12. The molecule has 74 valence electrons. The van der Waals surface area contributed by atoms with Crippen LogP contribution in [0.3, 0.4) is 0 Å². The highest BCUT2D eigenvalue weighted by Crippen LogP contribution is 2.21. The van der Waals surface area contributed by atoms with Gasteiger partial charge in [-0.2, -0.15) is 10.2 Å². The zero-order chi connectivity index (χ0) is 10.0. The Morgan fingerprint density at radius 1 is 1.62 bits per heavy atom. The van der Waals surface area contributed by atoms with E-state index in [4.69, 9.17) is 9.94 Å². The van der Waals surface area contributed by atoms with Crippen molar-refractivity contribution in [2.75, 3.05) is 14.2 Å². The molecule has 1 aromatic heterocycles. The van der Waals surface area contributed by atoms with Gasteiger partial charge in [0.15, 0.2) is 0 Å². The van der Waals surface area contributed by atoms with Gasteiger partial charge in [0.2, 0.25) is 5.88 Å². The molecule has 1 aromatic rings. The largest absolute Gasteiger partial charge is 0.481 e. The molecule has 0 radical (unpaired) electrons. The van der Waals surface area contributed by atoms with Crippen molar-refractivity contribution >= 4 is 0 Å². The normalized spacial score (nSPS) is 10.9. The standard InChI is InChI=1S/C8H15N3O2/c1-6-7(5-10(2)12)8(13-4)11(3)9-6/h12H,5H2,1-4H3. The highest BCUT2D eigenvalue weighted by atomic mass is 16.5. The number of hydroxylamine groups is 2. The fourth-order valence-corrected chi connectivity index (χ4v) is 1.35. The first kappa shape index (κ1) is 10.0. The van der Waals surface area contributed by atoms with Crippen molar-refractivity contribution in [1.29, 1.82) is 0 Å². The maximum atomic E-state index is 9.10. The van der Waals surface area contributed by atoms with Gasteiger partial charge in [-0.25, -0.2) is 4.68 Å². The van der Waals surface area contributed by atoms with Crippen molar-refractivity contribution in [3.8, 4) is 5.88 Å². The third kappa shape index (κ3) is 1.99. The maximum absolute atomic E-state index is 9.10. The van der Waals surface area contributed by atoms with E-state index in [1.54, 1.807) is 18.8 Å². The van der Waals surface area contributed by atoms with Crippen LogP contribution >= 0.6 is 0 Å². The molecule has 0 aliphatic rings. The van der Waals surface area contributed by atoms with E-state index in [2.05, 4.69) is 5.10 Å². The molecule has 0 atom stereocenters. The molecule has 0 amide bonds.